The summed E-state index contributed by atoms with van der Waals surface area (Å²) in [6.45, 7) is 5.80. The lowest BCUT2D eigenvalue weighted by molar-refractivity contribution is 0.120. The third-order valence-corrected chi connectivity index (χ3v) is 4.70. The summed E-state index contributed by atoms with van der Waals surface area (Å²) in [5.41, 5.74) is 0.933. The fraction of sp³-hybridized carbons (Fsp3) is 0.348. The van der Waals surface area contributed by atoms with Crippen LogP contribution >= 0.6 is 46.4 Å². The molecule has 0 aliphatic rings. The van der Waals surface area contributed by atoms with Crippen LogP contribution in [0.4, 0.5) is 0 Å². The molecule has 0 fully saturated rings. The summed E-state index contributed by atoms with van der Waals surface area (Å²) in [5.74, 6) is 2.08. The number of nitrogens with zero attached hydrogens (tertiary/aromatic N) is 1. The molecule has 2 aromatic rings. The molecule has 0 spiro atoms. The zero-order valence-corrected chi connectivity index (χ0v) is 20.8. The van der Waals surface area contributed by atoms with Gasteiger partial charge >= 0.3 is 0 Å². The van der Waals surface area contributed by atoms with Crippen molar-refractivity contribution in [1.82, 2.24) is 0 Å². The summed E-state index contributed by atoms with van der Waals surface area (Å²) in [4.78, 5) is 5.19. The largest absolute Gasteiger partial charge is 0.493 e. The Morgan fingerprint density at radius 3 is 2.22 bits per heavy atom. The van der Waals surface area contributed by atoms with E-state index in [1.54, 1.807) is 18.3 Å². The van der Waals surface area contributed by atoms with Crippen LogP contribution in [0.15, 0.2) is 52.1 Å². The monoisotopic (exact) mass is 519 g/mol. The van der Waals surface area contributed by atoms with Gasteiger partial charge in [-0.3, -0.25) is 0 Å². The Hall–Kier alpha value is -1.79. The average Bonchev–Trinajstić information content (AvgIpc) is 2.73. The van der Waals surface area contributed by atoms with E-state index in [-0.39, 0.29) is 11.1 Å². The molecule has 0 aromatic heterocycles. The Kier molecular flexibility index (Phi) is 11.9. The number of oxime groups is 1. The van der Waals surface area contributed by atoms with Crippen LogP contribution in [0.5, 0.6) is 17.2 Å². The van der Waals surface area contributed by atoms with Gasteiger partial charge in [0.25, 0.3) is 0 Å². The number of rotatable bonds is 13. The van der Waals surface area contributed by atoms with E-state index in [9.17, 15) is 0 Å². The van der Waals surface area contributed by atoms with Crippen LogP contribution in [-0.4, -0.2) is 32.6 Å². The molecule has 0 unspecified atom stereocenters. The number of halogens is 4. The van der Waals surface area contributed by atoms with E-state index in [0.29, 0.717) is 53.7 Å². The van der Waals surface area contributed by atoms with Gasteiger partial charge in [0, 0.05) is 18.6 Å². The SMILES string of the molecule is CC(C)CO/N=C/c1ccc(OCCCOc2c(Cl)cc(OCC=C(Cl)Cl)cc2Cl)cc1. The van der Waals surface area contributed by atoms with E-state index in [1.807, 2.05) is 24.3 Å². The van der Waals surface area contributed by atoms with E-state index in [0.717, 1.165) is 11.3 Å². The zero-order valence-electron chi connectivity index (χ0n) is 17.8. The predicted molar refractivity (Wildman–Crippen MR) is 132 cm³/mol. The molecule has 0 atom stereocenters. The van der Waals surface area contributed by atoms with Crippen LogP contribution in [0.2, 0.25) is 10.0 Å². The van der Waals surface area contributed by atoms with Crippen molar-refractivity contribution >= 4 is 52.6 Å². The van der Waals surface area contributed by atoms with Gasteiger partial charge in [0.05, 0.1) is 29.5 Å². The summed E-state index contributed by atoms with van der Waals surface area (Å²) < 4.78 is 17.0. The molecule has 0 N–H and O–H groups in total. The van der Waals surface area contributed by atoms with E-state index < -0.39 is 0 Å². The summed E-state index contributed by atoms with van der Waals surface area (Å²) in [6.07, 6.45) is 3.84. The number of hydrogen-bond acceptors (Lipinski definition) is 5. The first-order valence-electron chi connectivity index (χ1n) is 9.99. The molecule has 0 saturated carbocycles. The molecule has 2 rings (SSSR count). The summed E-state index contributed by atoms with van der Waals surface area (Å²) in [5, 5.41) is 4.64. The molecule has 0 saturated heterocycles. The molecule has 0 heterocycles. The van der Waals surface area contributed by atoms with Crippen molar-refractivity contribution in [2.24, 2.45) is 11.1 Å². The summed E-state index contributed by atoms with van der Waals surface area (Å²) in [7, 11) is 0. The van der Waals surface area contributed by atoms with Crippen LogP contribution in [-0.2, 0) is 4.84 Å². The van der Waals surface area contributed by atoms with E-state index in [4.69, 9.17) is 65.5 Å². The van der Waals surface area contributed by atoms with Gasteiger partial charge in [0.15, 0.2) is 5.75 Å². The van der Waals surface area contributed by atoms with Crippen LogP contribution < -0.4 is 14.2 Å². The second-order valence-corrected chi connectivity index (χ2v) is 8.89. The third kappa shape index (κ3) is 10.2. The maximum atomic E-state index is 6.25. The molecule has 0 bridgehead atoms. The normalized spacial score (nSPS) is 11.0. The van der Waals surface area contributed by atoms with Crippen molar-refractivity contribution in [3.63, 3.8) is 0 Å². The topological polar surface area (TPSA) is 49.3 Å². The Morgan fingerprint density at radius 1 is 0.938 bits per heavy atom. The van der Waals surface area contributed by atoms with Gasteiger partial charge < -0.3 is 19.0 Å². The van der Waals surface area contributed by atoms with Gasteiger partial charge in [-0.1, -0.05) is 65.4 Å². The number of ether oxygens (including phenoxy) is 3. The highest BCUT2D eigenvalue weighted by molar-refractivity contribution is 6.55. The summed E-state index contributed by atoms with van der Waals surface area (Å²) in [6, 6.07) is 10.8. The third-order valence-electron chi connectivity index (χ3n) is 3.83. The van der Waals surface area contributed by atoms with Crippen LogP contribution in [0.3, 0.4) is 0 Å². The number of benzene rings is 2. The lowest BCUT2D eigenvalue weighted by Gasteiger charge is -2.12. The first-order valence-corrected chi connectivity index (χ1v) is 11.5. The molecule has 2 aromatic carbocycles. The maximum absolute atomic E-state index is 6.25. The van der Waals surface area contributed by atoms with Gasteiger partial charge in [0.1, 0.15) is 29.2 Å². The minimum Gasteiger partial charge on any atom is -0.493 e. The minimum atomic E-state index is 0.126. The second kappa shape index (κ2) is 14.4. The zero-order chi connectivity index (χ0) is 23.3. The summed E-state index contributed by atoms with van der Waals surface area (Å²) >= 11 is 23.6. The minimum absolute atomic E-state index is 0.126. The van der Waals surface area contributed by atoms with Crippen molar-refractivity contribution in [2.75, 3.05) is 26.4 Å². The molecule has 32 heavy (non-hydrogen) atoms. The molecule has 0 amide bonds. The van der Waals surface area contributed by atoms with Gasteiger partial charge in [0.2, 0.25) is 0 Å². The van der Waals surface area contributed by atoms with Crippen molar-refractivity contribution in [1.29, 1.82) is 0 Å². The molecule has 9 heteroatoms. The van der Waals surface area contributed by atoms with Crippen LogP contribution in [0, 0.1) is 5.92 Å². The van der Waals surface area contributed by atoms with E-state index >= 15 is 0 Å². The second-order valence-electron chi connectivity index (χ2n) is 7.06. The molecule has 0 aliphatic carbocycles. The van der Waals surface area contributed by atoms with Crippen LogP contribution in [0.25, 0.3) is 0 Å². The molecule has 0 aliphatic heterocycles. The van der Waals surface area contributed by atoms with Gasteiger partial charge in [-0.25, -0.2) is 0 Å². The van der Waals surface area contributed by atoms with E-state index in [1.165, 1.54) is 6.08 Å². The van der Waals surface area contributed by atoms with Gasteiger partial charge in [-0.2, -0.15) is 0 Å². The average molecular weight is 521 g/mol. The van der Waals surface area contributed by atoms with Crippen molar-refractivity contribution in [3.8, 4) is 17.2 Å². The lowest BCUT2D eigenvalue weighted by atomic mass is 10.2. The molecular weight excluding hydrogens is 496 g/mol. The highest BCUT2D eigenvalue weighted by Gasteiger charge is 2.10. The fourth-order valence-electron chi connectivity index (χ4n) is 2.32. The quantitative estimate of drug-likeness (QED) is 0.155. The van der Waals surface area contributed by atoms with E-state index in [2.05, 4.69) is 19.0 Å². The standard InChI is InChI=1S/C23H25Cl4NO4/c1-16(2)15-32-28-14-17-4-6-18(7-5-17)29-9-3-10-31-23-20(24)12-19(13-21(23)25)30-11-8-22(26)27/h4-8,12-14,16H,3,9-11,15H2,1-2H3/b28-14+. The van der Waals surface area contributed by atoms with Crippen molar-refractivity contribution in [2.45, 2.75) is 20.3 Å². The van der Waals surface area contributed by atoms with Crippen LogP contribution in [0.1, 0.15) is 25.8 Å². The highest BCUT2D eigenvalue weighted by atomic mass is 35.5. The molecule has 5 nitrogen and oxygen atoms in total. The smallest absolute Gasteiger partial charge is 0.156 e. The lowest BCUT2D eigenvalue weighted by Crippen LogP contribution is -2.06. The first kappa shape index (κ1) is 26.5. The Morgan fingerprint density at radius 2 is 1.59 bits per heavy atom. The van der Waals surface area contributed by atoms with Crippen molar-refractivity contribution < 1.29 is 19.0 Å². The number of hydrogen-bond donors (Lipinski definition) is 0. The molecule has 174 valence electrons. The molecule has 0 radical (unpaired) electrons. The Balaban J connectivity index is 1.73. The van der Waals surface area contributed by atoms with Crippen molar-refractivity contribution in [3.05, 3.63) is 62.6 Å². The maximum Gasteiger partial charge on any atom is 0.156 e. The Labute approximate surface area is 208 Å². The fourth-order valence-corrected chi connectivity index (χ4v) is 3.02. The Bertz CT molecular complexity index is 874. The van der Waals surface area contributed by atoms with Gasteiger partial charge in [-0.15, -0.1) is 0 Å². The highest BCUT2D eigenvalue weighted by Crippen LogP contribution is 2.37. The van der Waals surface area contributed by atoms with Gasteiger partial charge in [-0.05, 0) is 41.8 Å². The predicted octanol–water partition coefficient (Wildman–Crippen LogP) is 7.55. The molecular formula is C23H25Cl4NO4. The first-order chi connectivity index (χ1) is 15.3.